The summed E-state index contributed by atoms with van der Waals surface area (Å²) in [6.45, 7) is 6.54. The fourth-order valence-corrected chi connectivity index (χ4v) is 4.74. The zero-order valence-electron chi connectivity index (χ0n) is 15.3. The maximum atomic E-state index is 12.6. The molecule has 26 heavy (non-hydrogen) atoms. The van der Waals surface area contributed by atoms with E-state index in [1.807, 2.05) is 29.8 Å². The van der Waals surface area contributed by atoms with E-state index in [1.165, 1.54) is 25.9 Å². The molecule has 1 aromatic carbocycles. The topological polar surface area (TPSA) is 45.2 Å². The number of thioether (sulfide) groups is 1. The summed E-state index contributed by atoms with van der Waals surface area (Å²) < 4.78 is 0. The van der Waals surface area contributed by atoms with Gasteiger partial charge >= 0.3 is 0 Å². The summed E-state index contributed by atoms with van der Waals surface area (Å²) in [6, 6.07) is 7.83. The summed E-state index contributed by atoms with van der Waals surface area (Å²) in [5.74, 6) is 1.68. The molecule has 1 saturated heterocycles. The van der Waals surface area contributed by atoms with Crippen molar-refractivity contribution in [1.82, 2.24) is 15.2 Å². The summed E-state index contributed by atoms with van der Waals surface area (Å²) in [4.78, 5) is 20.4. The highest BCUT2D eigenvalue weighted by Crippen LogP contribution is 2.26. The molecule has 0 bridgehead atoms. The monoisotopic (exact) mass is 389 g/mol. The molecule has 2 aromatic rings. The largest absolute Gasteiger partial charge is 0.352 e. The maximum absolute atomic E-state index is 12.6. The molecule has 2 heterocycles. The van der Waals surface area contributed by atoms with E-state index in [9.17, 15) is 4.79 Å². The van der Waals surface area contributed by atoms with E-state index in [0.29, 0.717) is 0 Å². The number of carbonyl (C=O) groups is 1. The molecular weight excluding hydrogens is 362 g/mol. The van der Waals surface area contributed by atoms with E-state index < -0.39 is 0 Å². The lowest BCUT2D eigenvalue weighted by molar-refractivity contribution is 0.0947. The highest BCUT2D eigenvalue weighted by atomic mass is 32.2. The van der Waals surface area contributed by atoms with Crippen LogP contribution < -0.4 is 5.32 Å². The summed E-state index contributed by atoms with van der Waals surface area (Å²) in [5.41, 5.74) is 3.67. The Morgan fingerprint density at radius 2 is 2.15 bits per heavy atom. The number of likely N-dealkylation sites (tertiary alicyclic amines) is 1. The van der Waals surface area contributed by atoms with Gasteiger partial charge in [0.2, 0.25) is 0 Å². The van der Waals surface area contributed by atoms with E-state index >= 15 is 0 Å². The van der Waals surface area contributed by atoms with Crippen molar-refractivity contribution in [3.8, 4) is 0 Å². The Kier molecular flexibility index (Phi) is 7.53. The van der Waals surface area contributed by atoms with Gasteiger partial charge < -0.3 is 10.2 Å². The second kappa shape index (κ2) is 10.1. The molecule has 0 atom stereocenters. The number of rotatable bonds is 8. The van der Waals surface area contributed by atoms with Gasteiger partial charge in [-0.25, -0.2) is 4.98 Å². The molecule has 3 rings (SSSR count). The predicted octanol–water partition coefficient (Wildman–Crippen LogP) is 4.29. The third-order valence-electron chi connectivity index (χ3n) is 4.80. The van der Waals surface area contributed by atoms with Gasteiger partial charge in [0.05, 0.1) is 16.8 Å². The number of thiazole rings is 1. The molecular formula is C20H27N3OS2. The van der Waals surface area contributed by atoms with Crippen LogP contribution in [0.15, 0.2) is 40.1 Å². The first kappa shape index (κ1) is 19.4. The third-order valence-corrected chi connectivity index (χ3v) is 6.55. The molecule has 1 aromatic heterocycles. The fourth-order valence-electron chi connectivity index (χ4n) is 3.13. The van der Waals surface area contributed by atoms with Gasteiger partial charge in [-0.2, -0.15) is 0 Å². The van der Waals surface area contributed by atoms with Gasteiger partial charge in [0.1, 0.15) is 0 Å². The Hall–Kier alpha value is -1.37. The molecule has 6 heteroatoms. The summed E-state index contributed by atoms with van der Waals surface area (Å²) in [6.07, 6.45) is 3.61. The summed E-state index contributed by atoms with van der Waals surface area (Å²) >= 11 is 3.27. The van der Waals surface area contributed by atoms with Crippen molar-refractivity contribution in [2.45, 2.75) is 36.8 Å². The predicted molar refractivity (Wildman–Crippen MR) is 110 cm³/mol. The lowest BCUT2D eigenvalue weighted by Crippen LogP contribution is -2.35. The van der Waals surface area contributed by atoms with E-state index in [1.54, 1.807) is 23.1 Å². The van der Waals surface area contributed by atoms with Crippen LogP contribution in [0, 0.1) is 5.92 Å². The molecule has 1 aliphatic rings. The Labute approximate surface area is 164 Å². The number of benzene rings is 1. The van der Waals surface area contributed by atoms with Crippen LogP contribution in [0.25, 0.3) is 0 Å². The molecule has 1 amide bonds. The first-order chi connectivity index (χ1) is 12.7. The van der Waals surface area contributed by atoms with E-state index in [2.05, 4.69) is 27.5 Å². The van der Waals surface area contributed by atoms with E-state index in [0.717, 1.165) is 47.3 Å². The number of piperidine rings is 1. The van der Waals surface area contributed by atoms with Gasteiger partial charge in [0.25, 0.3) is 5.91 Å². The van der Waals surface area contributed by atoms with Gasteiger partial charge in [-0.3, -0.25) is 4.79 Å². The number of amides is 1. The van der Waals surface area contributed by atoms with Gasteiger partial charge in [-0.05, 0) is 56.9 Å². The molecule has 1 fully saturated rings. The Morgan fingerprint density at radius 3 is 2.92 bits per heavy atom. The van der Waals surface area contributed by atoms with Crippen LogP contribution in [-0.2, 0) is 5.75 Å². The minimum absolute atomic E-state index is 0.0265. The first-order valence-corrected chi connectivity index (χ1v) is 11.2. The molecule has 0 radical (unpaired) electrons. The molecule has 4 nitrogen and oxygen atoms in total. The summed E-state index contributed by atoms with van der Waals surface area (Å²) in [7, 11) is 0. The van der Waals surface area contributed by atoms with Gasteiger partial charge in [-0.1, -0.05) is 19.1 Å². The fraction of sp³-hybridized carbons (Fsp3) is 0.500. The van der Waals surface area contributed by atoms with Crippen LogP contribution >= 0.6 is 23.1 Å². The SMILES string of the molecule is CC1CCN(CCCNC(=O)c2ccccc2SCc2cscn2)CC1. The Balaban J connectivity index is 1.44. The van der Waals surface area contributed by atoms with Crippen LogP contribution in [0.4, 0.5) is 0 Å². The van der Waals surface area contributed by atoms with Gasteiger partial charge in [0, 0.05) is 22.6 Å². The Morgan fingerprint density at radius 1 is 1.35 bits per heavy atom. The highest BCUT2D eigenvalue weighted by Gasteiger charge is 2.15. The lowest BCUT2D eigenvalue weighted by atomic mass is 9.99. The third kappa shape index (κ3) is 5.83. The van der Waals surface area contributed by atoms with Crippen LogP contribution in [0.2, 0.25) is 0 Å². The second-order valence-electron chi connectivity index (χ2n) is 6.90. The average molecular weight is 390 g/mol. The molecule has 1 N–H and O–H groups in total. The zero-order chi connectivity index (χ0) is 18.2. The molecule has 0 aliphatic carbocycles. The van der Waals surface area contributed by atoms with Crippen LogP contribution in [0.3, 0.4) is 0 Å². The number of aromatic nitrogens is 1. The van der Waals surface area contributed by atoms with E-state index in [-0.39, 0.29) is 5.91 Å². The van der Waals surface area contributed by atoms with Crippen molar-refractivity contribution in [3.63, 3.8) is 0 Å². The minimum Gasteiger partial charge on any atom is -0.352 e. The molecule has 0 saturated carbocycles. The van der Waals surface area contributed by atoms with Crippen molar-refractivity contribution >= 4 is 29.0 Å². The van der Waals surface area contributed by atoms with E-state index in [4.69, 9.17) is 0 Å². The smallest absolute Gasteiger partial charge is 0.252 e. The lowest BCUT2D eigenvalue weighted by Gasteiger charge is -2.30. The second-order valence-corrected chi connectivity index (χ2v) is 8.63. The number of nitrogens with one attached hydrogen (secondary N) is 1. The van der Waals surface area contributed by atoms with Crippen molar-refractivity contribution in [2.75, 3.05) is 26.2 Å². The van der Waals surface area contributed by atoms with Crippen molar-refractivity contribution < 1.29 is 4.79 Å². The maximum Gasteiger partial charge on any atom is 0.252 e. The number of hydrogen-bond donors (Lipinski definition) is 1. The number of carbonyl (C=O) groups excluding carboxylic acids is 1. The van der Waals surface area contributed by atoms with Gasteiger partial charge in [-0.15, -0.1) is 23.1 Å². The van der Waals surface area contributed by atoms with Crippen molar-refractivity contribution in [3.05, 3.63) is 46.4 Å². The minimum atomic E-state index is 0.0265. The molecule has 0 spiro atoms. The van der Waals surface area contributed by atoms with Crippen molar-refractivity contribution in [2.24, 2.45) is 5.92 Å². The standard InChI is InChI=1S/C20H27N3OS2/c1-16-7-11-23(12-8-16)10-4-9-21-20(24)18-5-2-3-6-19(18)26-14-17-13-25-15-22-17/h2-3,5-6,13,15-16H,4,7-12,14H2,1H3,(H,21,24). The molecule has 0 unspecified atom stereocenters. The number of hydrogen-bond acceptors (Lipinski definition) is 5. The van der Waals surface area contributed by atoms with Crippen molar-refractivity contribution in [1.29, 1.82) is 0 Å². The molecule has 140 valence electrons. The summed E-state index contributed by atoms with van der Waals surface area (Å²) in [5, 5.41) is 5.14. The van der Waals surface area contributed by atoms with Crippen LogP contribution in [0.5, 0.6) is 0 Å². The number of nitrogens with zero attached hydrogens (tertiary/aromatic N) is 2. The zero-order valence-corrected chi connectivity index (χ0v) is 17.0. The highest BCUT2D eigenvalue weighted by molar-refractivity contribution is 7.98. The quantitative estimate of drug-likeness (QED) is 0.540. The van der Waals surface area contributed by atoms with Gasteiger partial charge in [0.15, 0.2) is 0 Å². The molecule has 1 aliphatic heterocycles. The Bertz CT molecular complexity index is 682. The first-order valence-electron chi connectivity index (χ1n) is 9.32. The normalized spacial score (nSPS) is 15.9. The van der Waals surface area contributed by atoms with Crippen LogP contribution in [0.1, 0.15) is 42.2 Å². The van der Waals surface area contributed by atoms with Crippen LogP contribution in [-0.4, -0.2) is 42.0 Å². The average Bonchev–Trinajstić information content (AvgIpc) is 3.19.